The molecule has 1 N–H and O–H groups in total. The summed E-state index contributed by atoms with van der Waals surface area (Å²) < 4.78 is 29.9. The van der Waals surface area contributed by atoms with E-state index in [2.05, 4.69) is 4.89 Å². The van der Waals surface area contributed by atoms with Gasteiger partial charge in [0.2, 0.25) is 5.91 Å². The van der Waals surface area contributed by atoms with Gasteiger partial charge in [0.1, 0.15) is 19.0 Å². The van der Waals surface area contributed by atoms with Gasteiger partial charge in [-0.15, -0.1) is 0 Å². The van der Waals surface area contributed by atoms with E-state index in [9.17, 15) is 13.2 Å². The van der Waals surface area contributed by atoms with Crippen molar-refractivity contribution in [3.05, 3.63) is 54.6 Å². The van der Waals surface area contributed by atoms with Gasteiger partial charge in [0.25, 0.3) is 10.0 Å². The van der Waals surface area contributed by atoms with Crippen LogP contribution in [0.5, 0.6) is 5.75 Å². The van der Waals surface area contributed by atoms with Crippen LogP contribution < -0.4 is 14.5 Å². The van der Waals surface area contributed by atoms with Gasteiger partial charge >= 0.3 is 0 Å². The molecule has 0 saturated carbocycles. The van der Waals surface area contributed by atoms with Gasteiger partial charge in [0.05, 0.1) is 4.90 Å². The Balaban J connectivity index is 1.50. The number of anilines is 1. The molecular formula is C19H22N2O5S. The first-order valence-electron chi connectivity index (χ1n) is 8.78. The van der Waals surface area contributed by atoms with E-state index in [0.717, 1.165) is 12.8 Å². The third kappa shape index (κ3) is 5.29. The number of nitrogens with zero attached hydrogens (tertiary/aromatic N) is 1. The molecular weight excluding hydrogens is 368 g/mol. The monoisotopic (exact) mass is 390 g/mol. The number of ether oxygens (including phenoxy) is 1. The van der Waals surface area contributed by atoms with Gasteiger partial charge in [-0.25, -0.2) is 8.42 Å². The fourth-order valence-corrected chi connectivity index (χ4v) is 3.60. The molecule has 1 saturated heterocycles. The summed E-state index contributed by atoms with van der Waals surface area (Å²) in [6.07, 6.45) is 2.38. The molecule has 144 valence electrons. The predicted octanol–water partition coefficient (Wildman–Crippen LogP) is 2.49. The van der Waals surface area contributed by atoms with Crippen molar-refractivity contribution in [1.29, 1.82) is 0 Å². The second-order valence-corrected chi connectivity index (χ2v) is 7.74. The van der Waals surface area contributed by atoms with E-state index < -0.39 is 10.0 Å². The smallest absolute Gasteiger partial charge is 0.262 e. The van der Waals surface area contributed by atoms with E-state index in [1.54, 1.807) is 29.2 Å². The van der Waals surface area contributed by atoms with Crippen molar-refractivity contribution in [2.24, 2.45) is 0 Å². The molecule has 1 aliphatic heterocycles. The number of para-hydroxylation sites is 1. The second kappa shape index (κ2) is 8.98. The van der Waals surface area contributed by atoms with E-state index in [1.807, 2.05) is 18.2 Å². The minimum absolute atomic E-state index is 0.0640. The molecule has 0 atom stereocenters. The van der Waals surface area contributed by atoms with Crippen molar-refractivity contribution in [2.45, 2.75) is 24.2 Å². The molecule has 1 aliphatic rings. The zero-order chi connectivity index (χ0) is 19.1. The minimum Gasteiger partial charge on any atom is -0.491 e. The molecule has 1 amide bonds. The summed E-state index contributed by atoms with van der Waals surface area (Å²) in [5.74, 6) is 0.753. The standard InChI is InChI=1S/C19H22N2O5S/c22-19-8-4-5-13-21(19)16-9-11-18(12-10-16)27(23,24)20-26-15-14-25-17-6-2-1-3-7-17/h1-3,6-7,9-12,20H,4-5,8,13-15H2. The average molecular weight is 390 g/mol. The number of sulfonamides is 1. The van der Waals surface area contributed by atoms with Crippen molar-refractivity contribution in [3.63, 3.8) is 0 Å². The number of piperidine rings is 1. The molecule has 2 aromatic rings. The van der Waals surface area contributed by atoms with E-state index in [0.29, 0.717) is 24.4 Å². The summed E-state index contributed by atoms with van der Waals surface area (Å²) in [6.45, 7) is 0.935. The van der Waals surface area contributed by atoms with Crippen LogP contribution in [-0.4, -0.2) is 34.1 Å². The number of hydrogen-bond donors (Lipinski definition) is 1. The summed E-state index contributed by atoms with van der Waals surface area (Å²) in [7, 11) is -3.80. The summed E-state index contributed by atoms with van der Waals surface area (Å²) in [6, 6.07) is 15.4. The zero-order valence-corrected chi connectivity index (χ0v) is 15.7. The molecule has 1 fully saturated rings. The molecule has 0 aromatic heterocycles. The van der Waals surface area contributed by atoms with Gasteiger partial charge in [-0.2, -0.15) is 0 Å². The van der Waals surface area contributed by atoms with Crippen LogP contribution in [0.2, 0.25) is 0 Å². The first-order chi connectivity index (χ1) is 13.1. The molecule has 7 nitrogen and oxygen atoms in total. The van der Waals surface area contributed by atoms with Crippen molar-refractivity contribution >= 4 is 21.6 Å². The molecule has 0 spiro atoms. The van der Waals surface area contributed by atoms with E-state index in [-0.39, 0.29) is 24.0 Å². The van der Waals surface area contributed by atoms with E-state index >= 15 is 0 Å². The number of amides is 1. The lowest BCUT2D eigenvalue weighted by molar-refractivity contribution is -0.119. The van der Waals surface area contributed by atoms with Crippen molar-refractivity contribution in [1.82, 2.24) is 4.89 Å². The van der Waals surface area contributed by atoms with Crippen LogP contribution in [0, 0.1) is 0 Å². The lowest BCUT2D eigenvalue weighted by atomic mass is 10.1. The predicted molar refractivity (Wildman–Crippen MR) is 101 cm³/mol. The summed E-state index contributed by atoms with van der Waals surface area (Å²) in [4.78, 5) is 20.8. The molecule has 27 heavy (non-hydrogen) atoms. The van der Waals surface area contributed by atoms with Crippen LogP contribution >= 0.6 is 0 Å². The first-order valence-corrected chi connectivity index (χ1v) is 10.3. The van der Waals surface area contributed by atoms with Crippen LogP contribution in [0.4, 0.5) is 5.69 Å². The van der Waals surface area contributed by atoms with Gasteiger partial charge in [0.15, 0.2) is 0 Å². The highest BCUT2D eigenvalue weighted by Gasteiger charge is 2.20. The Morgan fingerprint density at radius 1 is 0.963 bits per heavy atom. The number of rotatable bonds is 8. The lowest BCUT2D eigenvalue weighted by Crippen LogP contribution is -2.35. The van der Waals surface area contributed by atoms with Gasteiger partial charge < -0.3 is 9.64 Å². The highest BCUT2D eigenvalue weighted by Crippen LogP contribution is 2.22. The molecule has 1 heterocycles. The molecule has 0 aliphatic carbocycles. The molecule has 3 rings (SSSR count). The topological polar surface area (TPSA) is 84.9 Å². The Bertz CT molecular complexity index is 853. The first kappa shape index (κ1) is 19.3. The maximum atomic E-state index is 12.3. The third-order valence-corrected chi connectivity index (χ3v) is 5.38. The zero-order valence-electron chi connectivity index (χ0n) is 14.8. The SMILES string of the molecule is O=C1CCCCN1c1ccc(S(=O)(=O)NOCCOc2ccccc2)cc1. The lowest BCUT2D eigenvalue weighted by Gasteiger charge is -2.26. The summed E-state index contributed by atoms with van der Waals surface area (Å²) >= 11 is 0. The van der Waals surface area contributed by atoms with Gasteiger partial charge in [-0.1, -0.05) is 23.1 Å². The second-order valence-electron chi connectivity index (χ2n) is 6.09. The van der Waals surface area contributed by atoms with Crippen molar-refractivity contribution in [2.75, 3.05) is 24.7 Å². The number of nitrogens with one attached hydrogen (secondary N) is 1. The van der Waals surface area contributed by atoms with Gasteiger partial charge in [0, 0.05) is 18.7 Å². The van der Waals surface area contributed by atoms with E-state index in [1.165, 1.54) is 12.1 Å². The van der Waals surface area contributed by atoms with Crippen LogP contribution in [0.15, 0.2) is 59.5 Å². The fourth-order valence-electron chi connectivity index (χ4n) is 2.77. The summed E-state index contributed by atoms with van der Waals surface area (Å²) in [5.41, 5.74) is 0.704. The van der Waals surface area contributed by atoms with Crippen LogP contribution in [0.3, 0.4) is 0 Å². The fraction of sp³-hybridized carbons (Fsp3) is 0.316. The largest absolute Gasteiger partial charge is 0.491 e. The van der Waals surface area contributed by atoms with Crippen molar-refractivity contribution in [3.8, 4) is 5.75 Å². The highest BCUT2D eigenvalue weighted by atomic mass is 32.2. The van der Waals surface area contributed by atoms with Crippen LogP contribution in [-0.2, 0) is 19.7 Å². The number of hydrogen-bond acceptors (Lipinski definition) is 5. The average Bonchev–Trinajstić information content (AvgIpc) is 2.69. The quantitative estimate of drug-likeness (QED) is 0.553. The molecule has 8 heteroatoms. The van der Waals surface area contributed by atoms with Gasteiger partial charge in [-0.05, 0) is 49.2 Å². The van der Waals surface area contributed by atoms with Crippen LogP contribution in [0.1, 0.15) is 19.3 Å². The Labute approximate surface area is 158 Å². The Hall–Kier alpha value is -2.42. The Morgan fingerprint density at radius 3 is 2.41 bits per heavy atom. The Morgan fingerprint density at radius 2 is 1.70 bits per heavy atom. The van der Waals surface area contributed by atoms with E-state index in [4.69, 9.17) is 9.57 Å². The molecule has 0 radical (unpaired) electrons. The minimum atomic E-state index is -3.80. The molecule has 0 bridgehead atoms. The van der Waals surface area contributed by atoms with Crippen LogP contribution in [0.25, 0.3) is 0 Å². The number of carbonyl (C=O) groups excluding carboxylic acids is 1. The number of benzene rings is 2. The molecule has 0 unspecified atom stereocenters. The third-order valence-electron chi connectivity index (χ3n) is 4.15. The number of carbonyl (C=O) groups is 1. The summed E-state index contributed by atoms with van der Waals surface area (Å²) in [5, 5.41) is 0. The maximum Gasteiger partial charge on any atom is 0.262 e. The van der Waals surface area contributed by atoms with Crippen molar-refractivity contribution < 1.29 is 22.8 Å². The normalized spacial score (nSPS) is 15.0. The highest BCUT2D eigenvalue weighted by molar-refractivity contribution is 7.89. The molecule has 2 aromatic carbocycles. The maximum absolute atomic E-state index is 12.3. The Kier molecular flexibility index (Phi) is 6.44. The van der Waals surface area contributed by atoms with Gasteiger partial charge in [-0.3, -0.25) is 9.63 Å².